The van der Waals surface area contributed by atoms with Gasteiger partial charge >= 0.3 is 0 Å². The Hall–Kier alpha value is -1.63. The molecule has 0 saturated heterocycles. The van der Waals surface area contributed by atoms with E-state index in [4.69, 9.17) is 16.3 Å². The minimum absolute atomic E-state index is 0. The Kier molecular flexibility index (Phi) is 16.7. The molecule has 2 aromatic rings. The lowest BCUT2D eigenvalue weighted by Gasteiger charge is -2.17. The molecule has 0 aliphatic carbocycles. The lowest BCUT2D eigenvalue weighted by Crippen LogP contribution is -2.18. The van der Waals surface area contributed by atoms with Crippen molar-refractivity contribution in [3.05, 3.63) is 70.2 Å². The fourth-order valence-corrected chi connectivity index (χ4v) is 5.41. The first-order valence-electron chi connectivity index (χ1n) is 14.0. The molecule has 0 unspecified atom stereocenters. The summed E-state index contributed by atoms with van der Waals surface area (Å²) in [5, 5.41) is 5.66. The smallest absolute Gasteiger partial charge is 0.256 e. The molecule has 3 rings (SSSR count). The Morgan fingerprint density at radius 3 is 2.26 bits per heavy atom. The Labute approximate surface area is 249 Å². The zero-order valence-corrected chi connectivity index (χ0v) is 26.0. The SMILES string of the molecule is Br.CCCCCCCCCCCCCCOc1cc(NC(=O)c2ccccc2CN2C=CSC2)ccc1Cl. The van der Waals surface area contributed by atoms with Crippen molar-refractivity contribution >= 4 is 51.9 Å². The number of ether oxygens (including phenoxy) is 1. The average molecular weight is 624 g/mol. The number of benzene rings is 2. The van der Waals surface area contributed by atoms with Crippen LogP contribution < -0.4 is 10.1 Å². The van der Waals surface area contributed by atoms with Gasteiger partial charge in [-0.15, -0.1) is 28.7 Å². The van der Waals surface area contributed by atoms with E-state index >= 15 is 0 Å². The summed E-state index contributed by atoms with van der Waals surface area (Å²) in [5.74, 6) is 1.41. The predicted molar refractivity (Wildman–Crippen MR) is 170 cm³/mol. The van der Waals surface area contributed by atoms with E-state index < -0.39 is 0 Å². The van der Waals surface area contributed by atoms with Gasteiger partial charge in [-0.2, -0.15) is 0 Å². The number of hydrogen-bond donors (Lipinski definition) is 1. The number of anilines is 1. The number of rotatable bonds is 18. The molecule has 1 aliphatic heterocycles. The van der Waals surface area contributed by atoms with Crippen LogP contribution in [0.4, 0.5) is 5.69 Å². The number of nitrogens with zero attached hydrogens (tertiary/aromatic N) is 1. The zero-order valence-electron chi connectivity index (χ0n) is 22.8. The third kappa shape index (κ3) is 12.0. The molecule has 4 nitrogen and oxygen atoms in total. The van der Waals surface area contributed by atoms with Gasteiger partial charge < -0.3 is 15.0 Å². The first kappa shape index (κ1) is 32.6. The molecule has 0 atom stereocenters. The van der Waals surface area contributed by atoms with E-state index in [1.165, 1.54) is 70.6 Å². The number of halogens is 2. The summed E-state index contributed by atoms with van der Waals surface area (Å²) in [6, 6.07) is 13.2. The molecule has 1 N–H and O–H groups in total. The van der Waals surface area contributed by atoms with Gasteiger partial charge in [0, 0.05) is 30.1 Å². The second-order valence-corrected chi connectivity index (χ2v) is 11.1. The van der Waals surface area contributed by atoms with Crippen LogP contribution in [0.15, 0.2) is 54.1 Å². The second-order valence-electron chi connectivity index (χ2n) is 9.82. The van der Waals surface area contributed by atoms with Crippen LogP contribution >= 0.6 is 40.3 Å². The molecule has 210 valence electrons. The quantitative estimate of drug-likeness (QED) is 0.168. The first-order valence-corrected chi connectivity index (χ1v) is 15.4. The molecule has 0 spiro atoms. The summed E-state index contributed by atoms with van der Waals surface area (Å²) in [5.41, 5.74) is 2.37. The Morgan fingerprint density at radius 1 is 0.947 bits per heavy atom. The average Bonchev–Trinajstić information content (AvgIpc) is 3.42. The fourth-order valence-electron chi connectivity index (χ4n) is 4.52. The van der Waals surface area contributed by atoms with E-state index in [0.717, 1.165) is 17.9 Å². The van der Waals surface area contributed by atoms with Crippen molar-refractivity contribution in [3.63, 3.8) is 0 Å². The normalized spacial score (nSPS) is 12.4. The van der Waals surface area contributed by atoms with Crippen LogP contribution in [-0.4, -0.2) is 23.3 Å². The van der Waals surface area contributed by atoms with Crippen LogP contribution in [0.1, 0.15) is 99.9 Å². The molecule has 0 radical (unpaired) electrons. The van der Waals surface area contributed by atoms with Gasteiger partial charge in [0.05, 0.1) is 17.5 Å². The van der Waals surface area contributed by atoms with Crippen molar-refractivity contribution in [1.82, 2.24) is 4.90 Å². The van der Waals surface area contributed by atoms with Crippen molar-refractivity contribution in [2.45, 2.75) is 90.5 Å². The third-order valence-electron chi connectivity index (χ3n) is 6.69. The number of nitrogens with one attached hydrogen (secondary N) is 1. The van der Waals surface area contributed by atoms with E-state index in [1.54, 1.807) is 17.8 Å². The topological polar surface area (TPSA) is 41.6 Å². The summed E-state index contributed by atoms with van der Waals surface area (Å²) in [6.07, 6.45) is 17.8. The molecule has 1 aliphatic rings. The van der Waals surface area contributed by atoms with E-state index in [0.29, 0.717) is 35.2 Å². The Bertz CT molecular complexity index is 988. The van der Waals surface area contributed by atoms with Gasteiger partial charge in [0.25, 0.3) is 5.91 Å². The number of amides is 1. The second kappa shape index (κ2) is 19.4. The van der Waals surface area contributed by atoms with E-state index in [-0.39, 0.29) is 22.9 Å². The molecular formula is C31H44BrClN2O2S. The lowest BCUT2D eigenvalue weighted by atomic mass is 10.1. The molecule has 0 bridgehead atoms. The fraction of sp³-hybridized carbons (Fsp3) is 0.516. The van der Waals surface area contributed by atoms with Gasteiger partial charge in [-0.25, -0.2) is 0 Å². The Morgan fingerprint density at radius 2 is 1.61 bits per heavy atom. The first-order chi connectivity index (χ1) is 18.2. The van der Waals surface area contributed by atoms with Gasteiger partial charge in [0.2, 0.25) is 0 Å². The van der Waals surface area contributed by atoms with E-state index in [1.807, 2.05) is 36.4 Å². The van der Waals surface area contributed by atoms with Crippen LogP contribution in [0, 0.1) is 0 Å². The van der Waals surface area contributed by atoms with Crippen LogP contribution in [0.5, 0.6) is 5.75 Å². The molecule has 1 heterocycles. The largest absolute Gasteiger partial charge is 0.492 e. The number of unbranched alkanes of at least 4 members (excludes halogenated alkanes) is 11. The molecule has 0 aromatic heterocycles. The van der Waals surface area contributed by atoms with Gasteiger partial charge in [-0.05, 0) is 35.6 Å². The summed E-state index contributed by atoms with van der Waals surface area (Å²) >= 11 is 8.13. The summed E-state index contributed by atoms with van der Waals surface area (Å²) in [7, 11) is 0. The lowest BCUT2D eigenvalue weighted by molar-refractivity contribution is 0.102. The van der Waals surface area contributed by atoms with Crippen LogP contribution in [0.2, 0.25) is 5.02 Å². The van der Waals surface area contributed by atoms with Crippen molar-refractivity contribution in [3.8, 4) is 5.75 Å². The highest BCUT2D eigenvalue weighted by molar-refractivity contribution is 8.93. The van der Waals surface area contributed by atoms with Crippen molar-refractivity contribution in [1.29, 1.82) is 0 Å². The predicted octanol–water partition coefficient (Wildman–Crippen LogP) is 10.2. The maximum absolute atomic E-state index is 13.1. The molecule has 38 heavy (non-hydrogen) atoms. The molecule has 1 amide bonds. The molecule has 2 aromatic carbocycles. The number of hydrogen-bond acceptors (Lipinski definition) is 4. The maximum atomic E-state index is 13.1. The van der Waals surface area contributed by atoms with Crippen molar-refractivity contribution < 1.29 is 9.53 Å². The maximum Gasteiger partial charge on any atom is 0.256 e. The highest BCUT2D eigenvalue weighted by Crippen LogP contribution is 2.29. The standard InChI is InChI=1S/C31H43ClN2O2S.BrH/c1-2-3-4-5-6-7-8-9-10-11-12-15-21-36-30-23-27(18-19-29(30)32)33-31(35)28-17-14-13-16-26(28)24-34-20-22-37-25-34;/h13-14,16-20,22-23H,2-12,15,21,24-25H2,1H3,(H,33,35);1H. The molecule has 0 fully saturated rings. The third-order valence-corrected chi connectivity index (χ3v) is 7.80. The van der Waals surface area contributed by atoms with Crippen molar-refractivity contribution in [2.24, 2.45) is 0 Å². The molecular weight excluding hydrogens is 580 g/mol. The van der Waals surface area contributed by atoms with Gasteiger partial charge in [0.15, 0.2) is 0 Å². The highest BCUT2D eigenvalue weighted by atomic mass is 79.9. The molecule has 7 heteroatoms. The van der Waals surface area contributed by atoms with Gasteiger partial charge in [-0.1, -0.05) is 107 Å². The number of carbonyl (C=O) groups excluding carboxylic acids is 1. The van der Waals surface area contributed by atoms with Gasteiger partial charge in [0.1, 0.15) is 5.75 Å². The number of carbonyl (C=O) groups is 1. The van der Waals surface area contributed by atoms with E-state index in [9.17, 15) is 4.79 Å². The minimum Gasteiger partial charge on any atom is -0.492 e. The monoisotopic (exact) mass is 622 g/mol. The highest BCUT2D eigenvalue weighted by Gasteiger charge is 2.15. The van der Waals surface area contributed by atoms with Gasteiger partial charge in [-0.3, -0.25) is 4.79 Å². The van der Waals surface area contributed by atoms with Crippen LogP contribution in [-0.2, 0) is 6.54 Å². The summed E-state index contributed by atoms with van der Waals surface area (Å²) < 4.78 is 5.97. The Balaban J connectivity index is 0.00000507. The van der Waals surface area contributed by atoms with E-state index in [2.05, 4.69) is 28.7 Å². The summed E-state index contributed by atoms with van der Waals surface area (Å²) in [4.78, 5) is 15.3. The molecule has 0 saturated carbocycles. The summed E-state index contributed by atoms with van der Waals surface area (Å²) in [6.45, 7) is 3.62. The van der Waals surface area contributed by atoms with Crippen molar-refractivity contribution in [2.75, 3.05) is 17.8 Å². The minimum atomic E-state index is -0.124. The zero-order chi connectivity index (χ0) is 26.1. The van der Waals surface area contributed by atoms with Crippen LogP contribution in [0.3, 0.4) is 0 Å². The number of thioether (sulfide) groups is 1. The van der Waals surface area contributed by atoms with Crippen LogP contribution in [0.25, 0.3) is 0 Å².